The van der Waals surface area contributed by atoms with Gasteiger partial charge in [-0.3, -0.25) is 4.79 Å². The zero-order chi connectivity index (χ0) is 25.4. The summed E-state index contributed by atoms with van der Waals surface area (Å²) in [6.07, 6.45) is -1.21. The highest BCUT2D eigenvalue weighted by Crippen LogP contribution is 2.44. The van der Waals surface area contributed by atoms with Crippen LogP contribution < -0.4 is 10.6 Å². The quantitative estimate of drug-likeness (QED) is 0.293. The van der Waals surface area contributed by atoms with Gasteiger partial charge in [0.05, 0.1) is 6.61 Å². The Morgan fingerprint density at radius 2 is 1.46 bits per heavy atom. The van der Waals surface area contributed by atoms with Gasteiger partial charge in [0.25, 0.3) is 0 Å². The number of hydrogen-bond acceptors (Lipinski definition) is 6. The molecule has 0 heterocycles. The summed E-state index contributed by atoms with van der Waals surface area (Å²) >= 11 is 0. The van der Waals surface area contributed by atoms with E-state index in [1.807, 2.05) is 36.4 Å². The number of hydrogen-bond donors (Lipinski definition) is 2. The normalized spacial score (nSPS) is 13.3. The molecule has 0 bridgehead atoms. The number of esters is 1. The van der Waals surface area contributed by atoms with Crippen molar-refractivity contribution in [2.75, 3.05) is 13.2 Å². The van der Waals surface area contributed by atoms with Crippen LogP contribution in [0.4, 0.5) is 9.59 Å². The Hall–Kier alpha value is -3.55. The van der Waals surface area contributed by atoms with E-state index in [-0.39, 0.29) is 24.9 Å². The summed E-state index contributed by atoms with van der Waals surface area (Å²) in [5, 5.41) is 5.33. The second-order valence-corrected chi connectivity index (χ2v) is 9.37. The van der Waals surface area contributed by atoms with E-state index in [1.54, 1.807) is 27.7 Å². The van der Waals surface area contributed by atoms with Gasteiger partial charge in [-0.05, 0) is 62.8 Å². The lowest BCUT2D eigenvalue weighted by atomic mass is 9.98. The molecule has 0 radical (unpaired) electrons. The molecular weight excluding hydrogens is 448 g/mol. The fourth-order valence-electron chi connectivity index (χ4n) is 4.10. The van der Waals surface area contributed by atoms with Crippen molar-refractivity contribution in [3.63, 3.8) is 0 Å². The first kappa shape index (κ1) is 26.1. The molecule has 2 aromatic rings. The Kier molecular flexibility index (Phi) is 8.73. The number of benzene rings is 2. The Morgan fingerprint density at radius 1 is 0.886 bits per heavy atom. The third-order valence-electron chi connectivity index (χ3n) is 5.51. The maximum Gasteiger partial charge on any atom is 0.409 e. The minimum atomic E-state index is -0.769. The predicted molar refractivity (Wildman–Crippen MR) is 132 cm³/mol. The van der Waals surface area contributed by atoms with Gasteiger partial charge in [0.2, 0.25) is 0 Å². The minimum Gasteiger partial charge on any atom is -0.466 e. The van der Waals surface area contributed by atoms with E-state index in [9.17, 15) is 14.4 Å². The smallest absolute Gasteiger partial charge is 0.409 e. The molecule has 0 saturated heterocycles. The molecule has 1 aliphatic carbocycles. The number of nitrogens with one attached hydrogen (secondary N) is 2. The maximum atomic E-state index is 12.7. The van der Waals surface area contributed by atoms with Crippen LogP contribution in [0, 0.1) is 0 Å². The molecule has 0 saturated carbocycles. The van der Waals surface area contributed by atoms with Crippen LogP contribution in [0.3, 0.4) is 0 Å². The number of carbonyl (C=O) groups excluding carboxylic acids is 3. The van der Waals surface area contributed by atoms with Gasteiger partial charge < -0.3 is 24.8 Å². The molecule has 0 aliphatic heterocycles. The highest BCUT2D eigenvalue weighted by Gasteiger charge is 2.29. The van der Waals surface area contributed by atoms with Gasteiger partial charge in [0, 0.05) is 12.3 Å². The summed E-state index contributed by atoms with van der Waals surface area (Å²) < 4.78 is 15.8. The lowest BCUT2D eigenvalue weighted by molar-refractivity contribution is -0.143. The lowest BCUT2D eigenvalue weighted by Crippen LogP contribution is -2.49. The standard InChI is InChI=1S/C27H34N2O6/c1-5-33-24(30)16-10-15-23(29-26(32)35-27(2,3)4)28-25(31)34-17-22-20-13-8-6-11-18(20)19-12-7-9-14-21(19)22/h6-9,11-14,22-23H,5,10,15-17H2,1-4H3,(H,28,31)(H,29,32). The first-order valence-corrected chi connectivity index (χ1v) is 11.9. The van der Waals surface area contributed by atoms with E-state index in [4.69, 9.17) is 14.2 Å². The molecule has 1 unspecified atom stereocenters. The molecule has 2 aromatic carbocycles. The van der Waals surface area contributed by atoms with Crippen LogP contribution in [0.15, 0.2) is 48.5 Å². The summed E-state index contributed by atoms with van der Waals surface area (Å²) in [5.41, 5.74) is 3.81. The van der Waals surface area contributed by atoms with Gasteiger partial charge in [-0.15, -0.1) is 0 Å². The van der Waals surface area contributed by atoms with E-state index in [1.165, 1.54) is 0 Å². The van der Waals surface area contributed by atoms with Crippen LogP contribution in [0.5, 0.6) is 0 Å². The first-order chi connectivity index (χ1) is 16.7. The summed E-state index contributed by atoms with van der Waals surface area (Å²) in [5.74, 6) is -0.404. The fraction of sp³-hybridized carbons (Fsp3) is 0.444. The molecular formula is C27H34N2O6. The van der Waals surface area contributed by atoms with Crippen molar-refractivity contribution in [3.05, 3.63) is 59.7 Å². The number of carbonyl (C=O) groups is 3. The van der Waals surface area contributed by atoms with Crippen LogP contribution in [0.25, 0.3) is 11.1 Å². The number of fused-ring (bicyclic) bond motifs is 3. The molecule has 8 heteroatoms. The molecule has 8 nitrogen and oxygen atoms in total. The monoisotopic (exact) mass is 482 g/mol. The topological polar surface area (TPSA) is 103 Å². The van der Waals surface area contributed by atoms with Crippen molar-refractivity contribution in [1.29, 1.82) is 0 Å². The Balaban J connectivity index is 1.61. The van der Waals surface area contributed by atoms with Crippen molar-refractivity contribution >= 4 is 18.2 Å². The van der Waals surface area contributed by atoms with Crippen LogP contribution in [-0.4, -0.2) is 43.1 Å². The SMILES string of the molecule is CCOC(=O)CCCC(NC(=O)OCC1c2ccccc2-c2ccccc21)NC(=O)OC(C)(C)C. The van der Waals surface area contributed by atoms with Gasteiger partial charge >= 0.3 is 18.2 Å². The highest BCUT2D eigenvalue weighted by molar-refractivity contribution is 5.79. The van der Waals surface area contributed by atoms with Gasteiger partial charge in [-0.25, -0.2) is 9.59 Å². The van der Waals surface area contributed by atoms with Gasteiger partial charge in [-0.1, -0.05) is 48.5 Å². The Morgan fingerprint density at radius 3 is 2.03 bits per heavy atom. The van der Waals surface area contributed by atoms with E-state index >= 15 is 0 Å². The Bertz CT molecular complexity index is 1000. The lowest BCUT2D eigenvalue weighted by Gasteiger charge is -2.24. The zero-order valence-electron chi connectivity index (χ0n) is 20.8. The van der Waals surface area contributed by atoms with Gasteiger partial charge in [0.1, 0.15) is 18.4 Å². The average Bonchev–Trinajstić information content (AvgIpc) is 3.10. The average molecular weight is 483 g/mol. The molecule has 0 spiro atoms. The number of alkyl carbamates (subject to hydrolysis) is 2. The second kappa shape index (κ2) is 11.7. The molecule has 3 rings (SSSR count). The molecule has 2 amide bonds. The molecule has 0 aromatic heterocycles. The summed E-state index contributed by atoms with van der Waals surface area (Å²) in [6.45, 7) is 7.45. The van der Waals surface area contributed by atoms with Crippen LogP contribution in [0.2, 0.25) is 0 Å². The third-order valence-corrected chi connectivity index (χ3v) is 5.51. The summed E-state index contributed by atoms with van der Waals surface area (Å²) in [4.78, 5) is 36.6. The second-order valence-electron chi connectivity index (χ2n) is 9.37. The van der Waals surface area contributed by atoms with Gasteiger partial charge in [-0.2, -0.15) is 0 Å². The van der Waals surface area contributed by atoms with Crippen molar-refractivity contribution in [1.82, 2.24) is 10.6 Å². The predicted octanol–water partition coefficient (Wildman–Crippen LogP) is 5.11. The fourth-order valence-corrected chi connectivity index (χ4v) is 4.10. The van der Waals surface area contributed by atoms with E-state index in [2.05, 4.69) is 22.8 Å². The van der Waals surface area contributed by atoms with E-state index < -0.39 is 24.0 Å². The summed E-state index contributed by atoms with van der Waals surface area (Å²) in [6, 6.07) is 16.2. The van der Waals surface area contributed by atoms with Gasteiger partial charge in [0.15, 0.2) is 0 Å². The molecule has 188 valence electrons. The molecule has 2 N–H and O–H groups in total. The van der Waals surface area contributed by atoms with Crippen molar-refractivity contribution in [3.8, 4) is 11.1 Å². The molecule has 0 fully saturated rings. The third kappa shape index (κ3) is 7.47. The molecule has 1 aliphatic rings. The number of rotatable bonds is 9. The van der Waals surface area contributed by atoms with Crippen molar-refractivity contribution in [2.45, 2.75) is 64.6 Å². The van der Waals surface area contributed by atoms with Crippen molar-refractivity contribution in [2.24, 2.45) is 0 Å². The number of amides is 2. The summed E-state index contributed by atoms with van der Waals surface area (Å²) in [7, 11) is 0. The van der Waals surface area contributed by atoms with Crippen LogP contribution >= 0.6 is 0 Å². The molecule has 35 heavy (non-hydrogen) atoms. The molecule has 1 atom stereocenters. The first-order valence-electron chi connectivity index (χ1n) is 11.9. The number of ether oxygens (including phenoxy) is 3. The van der Waals surface area contributed by atoms with E-state index in [0.717, 1.165) is 22.3 Å². The Labute approximate surface area is 206 Å². The zero-order valence-corrected chi connectivity index (χ0v) is 20.8. The minimum absolute atomic E-state index is 0.0748. The largest absolute Gasteiger partial charge is 0.466 e. The maximum absolute atomic E-state index is 12.7. The van der Waals surface area contributed by atoms with Crippen LogP contribution in [0.1, 0.15) is 64.0 Å². The highest BCUT2D eigenvalue weighted by atomic mass is 16.6. The van der Waals surface area contributed by atoms with Crippen LogP contribution in [-0.2, 0) is 19.0 Å². The van der Waals surface area contributed by atoms with E-state index in [0.29, 0.717) is 19.4 Å². The van der Waals surface area contributed by atoms with Crippen molar-refractivity contribution < 1.29 is 28.6 Å².